The maximum absolute atomic E-state index is 13.3. The Morgan fingerprint density at radius 1 is 0.722 bits per heavy atom. The first-order chi connectivity index (χ1) is 17.5. The van der Waals surface area contributed by atoms with E-state index in [1.807, 2.05) is 6.92 Å². The van der Waals surface area contributed by atoms with Crippen molar-refractivity contribution in [1.29, 1.82) is 0 Å². The number of esters is 1. The summed E-state index contributed by atoms with van der Waals surface area (Å²) in [4.78, 5) is 25.1. The number of carbonyl (C=O) groups is 2. The van der Waals surface area contributed by atoms with Gasteiger partial charge in [0.05, 0.1) is 11.3 Å². The largest absolute Gasteiger partial charge is 0.481 e. The number of carboxylic acid groups (broad SMARTS) is 1. The fraction of sp³-hybridized carbons (Fsp3) is 0.938. The maximum Gasteiger partial charge on any atom is 0.312 e. The molecule has 4 heteroatoms. The fourth-order valence-corrected chi connectivity index (χ4v) is 5.89. The Kier molecular flexibility index (Phi) is 19.2. The summed E-state index contributed by atoms with van der Waals surface area (Å²) in [6, 6.07) is 0. The van der Waals surface area contributed by atoms with Crippen molar-refractivity contribution in [2.45, 2.75) is 181 Å². The lowest BCUT2D eigenvalue weighted by molar-refractivity contribution is -0.174. The van der Waals surface area contributed by atoms with Crippen LogP contribution in [0.1, 0.15) is 175 Å². The van der Waals surface area contributed by atoms with E-state index in [2.05, 4.69) is 13.8 Å². The molecule has 0 amide bonds. The monoisotopic (exact) mass is 508 g/mol. The van der Waals surface area contributed by atoms with Gasteiger partial charge in [-0.1, -0.05) is 129 Å². The van der Waals surface area contributed by atoms with Crippen LogP contribution < -0.4 is 0 Å². The van der Waals surface area contributed by atoms with Crippen LogP contribution in [0.25, 0.3) is 0 Å². The van der Waals surface area contributed by atoms with Gasteiger partial charge in [0, 0.05) is 0 Å². The zero-order valence-electron chi connectivity index (χ0n) is 24.3. The smallest absolute Gasteiger partial charge is 0.312 e. The molecule has 1 fully saturated rings. The number of carbonyl (C=O) groups excluding carboxylic acids is 1. The molecule has 0 heterocycles. The molecule has 1 N–H and O–H groups in total. The molecule has 212 valence electrons. The Morgan fingerprint density at radius 2 is 1.14 bits per heavy atom. The number of hydrogen-bond donors (Lipinski definition) is 1. The van der Waals surface area contributed by atoms with E-state index in [4.69, 9.17) is 4.74 Å². The Bertz CT molecular complexity index is 560. The molecule has 1 rings (SSSR count). The van der Waals surface area contributed by atoms with Crippen molar-refractivity contribution in [1.82, 2.24) is 0 Å². The molecular weight excluding hydrogens is 448 g/mol. The topological polar surface area (TPSA) is 63.6 Å². The van der Waals surface area contributed by atoms with Crippen LogP contribution >= 0.6 is 0 Å². The summed E-state index contributed by atoms with van der Waals surface area (Å²) in [5, 5.41) is 9.73. The summed E-state index contributed by atoms with van der Waals surface area (Å²) in [5.74, 6) is -1.71. The lowest BCUT2D eigenvalue weighted by Gasteiger charge is -2.37. The first kappa shape index (κ1) is 33.0. The number of rotatable bonds is 23. The van der Waals surface area contributed by atoms with Crippen LogP contribution in [0.2, 0.25) is 0 Å². The second-order valence-electron chi connectivity index (χ2n) is 11.8. The van der Waals surface area contributed by atoms with Crippen molar-refractivity contribution in [2.75, 3.05) is 0 Å². The van der Waals surface area contributed by atoms with Gasteiger partial charge in [-0.3, -0.25) is 9.59 Å². The van der Waals surface area contributed by atoms with Gasteiger partial charge in [-0.25, -0.2) is 0 Å². The molecule has 3 unspecified atom stereocenters. The predicted molar refractivity (Wildman–Crippen MR) is 151 cm³/mol. The number of hydrogen-bond acceptors (Lipinski definition) is 3. The third kappa shape index (κ3) is 14.0. The fourth-order valence-electron chi connectivity index (χ4n) is 5.89. The average molecular weight is 509 g/mol. The van der Waals surface area contributed by atoms with E-state index >= 15 is 0 Å². The van der Waals surface area contributed by atoms with Crippen LogP contribution in [0, 0.1) is 11.3 Å². The van der Waals surface area contributed by atoms with Crippen molar-refractivity contribution in [3.8, 4) is 0 Å². The van der Waals surface area contributed by atoms with Crippen molar-refractivity contribution >= 4 is 11.9 Å². The summed E-state index contributed by atoms with van der Waals surface area (Å²) in [7, 11) is 0. The maximum atomic E-state index is 13.3. The lowest BCUT2D eigenvalue weighted by Crippen LogP contribution is -2.44. The molecule has 0 aromatic carbocycles. The SMILES string of the molecule is CCCCCCCCCCCCC(CCCCCCCCCC)OC(=O)C1(C)CCCCC1C(=O)O. The molecule has 36 heavy (non-hydrogen) atoms. The Balaban J connectivity index is 2.45. The van der Waals surface area contributed by atoms with Gasteiger partial charge in [0.15, 0.2) is 0 Å². The van der Waals surface area contributed by atoms with Crippen LogP contribution in [0.15, 0.2) is 0 Å². The number of carboxylic acids is 1. The summed E-state index contributed by atoms with van der Waals surface area (Å²) in [6.07, 6.45) is 28.0. The minimum atomic E-state index is -0.876. The van der Waals surface area contributed by atoms with E-state index in [-0.39, 0.29) is 12.1 Å². The third-order valence-electron chi connectivity index (χ3n) is 8.51. The molecule has 1 saturated carbocycles. The van der Waals surface area contributed by atoms with Crippen LogP contribution in [0.3, 0.4) is 0 Å². The lowest BCUT2D eigenvalue weighted by atomic mass is 9.67. The predicted octanol–water partition coefficient (Wildman–Crippen LogP) is 10.0. The standard InChI is InChI=1S/C32H60O4/c1-4-6-8-10-12-14-15-17-19-21-25-28(24-20-18-16-13-11-9-7-5-2)36-31(35)32(3)27-23-22-26-29(32)30(33)34/h28-29H,4-27H2,1-3H3,(H,33,34). The molecule has 1 aliphatic rings. The van der Waals surface area contributed by atoms with E-state index in [9.17, 15) is 14.7 Å². The van der Waals surface area contributed by atoms with Crippen LogP contribution in [0.5, 0.6) is 0 Å². The van der Waals surface area contributed by atoms with E-state index in [1.165, 1.54) is 103 Å². The number of unbranched alkanes of at least 4 members (excludes halogenated alkanes) is 16. The van der Waals surface area contributed by atoms with Gasteiger partial charge in [0.2, 0.25) is 0 Å². The number of ether oxygens (including phenoxy) is 1. The van der Waals surface area contributed by atoms with Crippen molar-refractivity contribution in [3.05, 3.63) is 0 Å². The minimum Gasteiger partial charge on any atom is -0.481 e. The van der Waals surface area contributed by atoms with Crippen LogP contribution in [-0.4, -0.2) is 23.1 Å². The van der Waals surface area contributed by atoms with E-state index in [0.29, 0.717) is 12.8 Å². The highest BCUT2D eigenvalue weighted by molar-refractivity contribution is 5.84. The van der Waals surface area contributed by atoms with E-state index in [0.717, 1.165) is 38.5 Å². The first-order valence-corrected chi connectivity index (χ1v) is 15.9. The molecule has 4 nitrogen and oxygen atoms in total. The van der Waals surface area contributed by atoms with Crippen LogP contribution in [-0.2, 0) is 14.3 Å². The quantitative estimate of drug-likeness (QED) is 0.110. The molecule has 0 aliphatic heterocycles. The Morgan fingerprint density at radius 3 is 1.56 bits per heavy atom. The van der Waals surface area contributed by atoms with Gasteiger partial charge in [-0.2, -0.15) is 0 Å². The third-order valence-corrected chi connectivity index (χ3v) is 8.51. The molecule has 3 atom stereocenters. The summed E-state index contributed by atoms with van der Waals surface area (Å²) >= 11 is 0. The van der Waals surface area contributed by atoms with E-state index in [1.54, 1.807) is 0 Å². The number of aliphatic carboxylic acids is 1. The molecule has 0 aromatic rings. The zero-order valence-corrected chi connectivity index (χ0v) is 24.3. The van der Waals surface area contributed by atoms with Gasteiger partial charge in [-0.05, 0) is 45.4 Å². The van der Waals surface area contributed by atoms with Crippen molar-refractivity contribution in [3.63, 3.8) is 0 Å². The summed E-state index contributed by atoms with van der Waals surface area (Å²) in [5.41, 5.74) is -0.876. The minimum absolute atomic E-state index is 0.0557. The second-order valence-corrected chi connectivity index (χ2v) is 11.8. The average Bonchev–Trinajstić information content (AvgIpc) is 2.86. The summed E-state index contributed by atoms with van der Waals surface area (Å²) < 4.78 is 6.11. The molecular formula is C32H60O4. The highest BCUT2D eigenvalue weighted by Crippen LogP contribution is 2.42. The Labute approximate surface area is 223 Å². The molecule has 0 radical (unpaired) electrons. The molecule has 0 saturated heterocycles. The van der Waals surface area contributed by atoms with E-state index < -0.39 is 17.3 Å². The molecule has 1 aliphatic carbocycles. The Hall–Kier alpha value is -1.06. The van der Waals surface area contributed by atoms with Gasteiger partial charge >= 0.3 is 11.9 Å². The summed E-state index contributed by atoms with van der Waals surface area (Å²) in [6.45, 7) is 6.35. The highest BCUT2D eigenvalue weighted by Gasteiger charge is 2.48. The van der Waals surface area contributed by atoms with Crippen molar-refractivity contribution in [2.24, 2.45) is 11.3 Å². The van der Waals surface area contributed by atoms with Gasteiger partial charge in [0.1, 0.15) is 6.10 Å². The van der Waals surface area contributed by atoms with Crippen molar-refractivity contribution < 1.29 is 19.4 Å². The normalized spacial score (nSPS) is 20.8. The molecule has 0 spiro atoms. The highest BCUT2D eigenvalue weighted by atomic mass is 16.5. The first-order valence-electron chi connectivity index (χ1n) is 15.9. The van der Waals surface area contributed by atoms with Gasteiger partial charge in [-0.15, -0.1) is 0 Å². The van der Waals surface area contributed by atoms with Crippen LogP contribution in [0.4, 0.5) is 0 Å². The second kappa shape index (κ2) is 20.9. The zero-order chi connectivity index (χ0) is 26.5. The van der Waals surface area contributed by atoms with Gasteiger partial charge < -0.3 is 9.84 Å². The molecule has 0 bridgehead atoms. The molecule has 0 aromatic heterocycles. The van der Waals surface area contributed by atoms with Gasteiger partial charge in [0.25, 0.3) is 0 Å².